The Labute approximate surface area is 156 Å². The highest BCUT2D eigenvalue weighted by Crippen LogP contribution is 2.29. The first-order valence-corrected chi connectivity index (χ1v) is 8.66. The maximum absolute atomic E-state index is 10.4. The predicted molar refractivity (Wildman–Crippen MR) is 87.2 cm³/mol. The molecule has 6 unspecified atom stereocenters. The average molecular weight is 396 g/mol. The summed E-state index contributed by atoms with van der Waals surface area (Å²) in [4.78, 5) is 0. The molecule has 2 saturated heterocycles. The molecule has 0 spiro atoms. The highest BCUT2D eigenvalue weighted by molar-refractivity contribution is 4.94. The van der Waals surface area contributed by atoms with Crippen LogP contribution < -0.4 is 0 Å². The molecule has 158 valence electrons. The van der Waals surface area contributed by atoms with E-state index in [2.05, 4.69) is 0 Å². The molecule has 0 saturated carbocycles. The van der Waals surface area contributed by atoms with E-state index >= 15 is 0 Å². The lowest BCUT2D eigenvalue weighted by Crippen LogP contribution is -2.64. The van der Waals surface area contributed by atoms with E-state index in [1.54, 1.807) is 19.1 Å². The van der Waals surface area contributed by atoms with Crippen LogP contribution in [0.3, 0.4) is 0 Å². The first-order chi connectivity index (χ1) is 12.8. The Bertz CT molecular complexity index is 471. The van der Waals surface area contributed by atoms with E-state index in [-0.39, 0.29) is 6.61 Å². The molecule has 0 bridgehead atoms. The van der Waals surface area contributed by atoms with E-state index in [9.17, 15) is 35.7 Å². The van der Waals surface area contributed by atoms with Gasteiger partial charge in [0.2, 0.25) is 0 Å². The minimum absolute atomic E-state index is 0.112. The first kappa shape index (κ1) is 22.6. The van der Waals surface area contributed by atoms with Crippen LogP contribution in [-0.4, -0.2) is 117 Å². The van der Waals surface area contributed by atoms with Gasteiger partial charge < -0.3 is 54.7 Å². The van der Waals surface area contributed by atoms with Gasteiger partial charge in [0.05, 0.1) is 19.8 Å². The lowest BCUT2D eigenvalue weighted by Gasteiger charge is -2.45. The van der Waals surface area contributed by atoms with Crippen molar-refractivity contribution >= 4 is 0 Å². The standard InChI is InChI=1S/C16H28O11/c1-2-3-4-24-15-13(23)11(21)14(8(6-18)26-15)27-16-12(22)10(20)9(19)7(5-17)25-16/h2-3,7-23H,4-6H2,1H3/b3-2+/t7?,8?,9-,10?,11?,12?,13?,14+,15+,16-/m0/s1. The number of hydrogen-bond donors (Lipinski definition) is 7. The number of ether oxygens (including phenoxy) is 4. The van der Waals surface area contributed by atoms with Crippen LogP contribution in [0.5, 0.6) is 0 Å². The second-order valence-corrected chi connectivity index (χ2v) is 6.41. The van der Waals surface area contributed by atoms with Gasteiger partial charge in [-0.25, -0.2) is 0 Å². The van der Waals surface area contributed by atoms with E-state index in [1.165, 1.54) is 0 Å². The summed E-state index contributed by atoms with van der Waals surface area (Å²) in [5.74, 6) is 0. The molecule has 0 amide bonds. The van der Waals surface area contributed by atoms with Crippen molar-refractivity contribution in [2.24, 2.45) is 0 Å². The molecule has 27 heavy (non-hydrogen) atoms. The zero-order valence-electron chi connectivity index (χ0n) is 14.8. The fraction of sp³-hybridized carbons (Fsp3) is 0.875. The van der Waals surface area contributed by atoms with E-state index in [1.807, 2.05) is 0 Å². The van der Waals surface area contributed by atoms with Crippen LogP contribution in [0.4, 0.5) is 0 Å². The van der Waals surface area contributed by atoms with Crippen LogP contribution in [0.1, 0.15) is 6.92 Å². The summed E-state index contributed by atoms with van der Waals surface area (Å²) >= 11 is 0. The number of rotatable bonds is 7. The topological polar surface area (TPSA) is 179 Å². The zero-order valence-corrected chi connectivity index (χ0v) is 14.8. The summed E-state index contributed by atoms with van der Waals surface area (Å²) in [6, 6.07) is 0. The van der Waals surface area contributed by atoms with E-state index in [4.69, 9.17) is 18.9 Å². The van der Waals surface area contributed by atoms with Crippen LogP contribution >= 0.6 is 0 Å². The Kier molecular flexibility index (Phi) is 8.52. The maximum Gasteiger partial charge on any atom is 0.187 e. The summed E-state index contributed by atoms with van der Waals surface area (Å²) in [5, 5.41) is 68.9. The maximum atomic E-state index is 10.4. The van der Waals surface area contributed by atoms with Gasteiger partial charge in [-0.2, -0.15) is 0 Å². The molecule has 2 fully saturated rings. The van der Waals surface area contributed by atoms with Crippen molar-refractivity contribution in [2.45, 2.75) is 68.3 Å². The number of hydrogen-bond acceptors (Lipinski definition) is 11. The molecule has 0 aliphatic carbocycles. The third kappa shape index (κ3) is 5.02. The Balaban J connectivity index is 2.08. The van der Waals surface area contributed by atoms with Crippen LogP contribution in [0.2, 0.25) is 0 Å². The normalized spacial score (nSPS) is 46.1. The summed E-state index contributed by atoms with van der Waals surface area (Å²) in [6.07, 6.45) is -11.1. The molecular weight excluding hydrogens is 368 g/mol. The monoisotopic (exact) mass is 396 g/mol. The lowest BCUT2D eigenvalue weighted by atomic mass is 9.97. The van der Waals surface area contributed by atoms with Gasteiger partial charge in [-0.05, 0) is 6.92 Å². The van der Waals surface area contributed by atoms with Gasteiger partial charge in [0.1, 0.15) is 48.8 Å². The number of aliphatic hydroxyl groups excluding tert-OH is 7. The third-order valence-corrected chi connectivity index (χ3v) is 4.55. The number of aliphatic hydroxyl groups is 7. The molecule has 2 aliphatic rings. The molecule has 2 heterocycles. The van der Waals surface area contributed by atoms with Crippen molar-refractivity contribution < 1.29 is 54.7 Å². The molecule has 0 aromatic rings. The van der Waals surface area contributed by atoms with Gasteiger partial charge in [0.15, 0.2) is 12.6 Å². The first-order valence-electron chi connectivity index (χ1n) is 8.66. The van der Waals surface area contributed by atoms with Crippen LogP contribution in [0.25, 0.3) is 0 Å². The quantitative estimate of drug-likeness (QED) is 0.210. The van der Waals surface area contributed by atoms with Gasteiger partial charge in [0.25, 0.3) is 0 Å². The van der Waals surface area contributed by atoms with Gasteiger partial charge >= 0.3 is 0 Å². The van der Waals surface area contributed by atoms with Gasteiger partial charge in [-0.1, -0.05) is 12.2 Å². The Hall–Kier alpha value is -0.700. The summed E-state index contributed by atoms with van der Waals surface area (Å²) < 4.78 is 21.4. The van der Waals surface area contributed by atoms with Crippen molar-refractivity contribution in [1.29, 1.82) is 0 Å². The average Bonchev–Trinajstić information content (AvgIpc) is 2.67. The largest absolute Gasteiger partial charge is 0.394 e. The highest BCUT2D eigenvalue weighted by Gasteiger charge is 2.50. The lowest BCUT2D eigenvalue weighted by molar-refractivity contribution is -0.358. The van der Waals surface area contributed by atoms with Crippen molar-refractivity contribution in [3.05, 3.63) is 12.2 Å². The molecule has 11 nitrogen and oxygen atoms in total. The van der Waals surface area contributed by atoms with Crippen LogP contribution in [-0.2, 0) is 18.9 Å². The minimum Gasteiger partial charge on any atom is -0.394 e. The van der Waals surface area contributed by atoms with Crippen molar-refractivity contribution in [1.82, 2.24) is 0 Å². The fourth-order valence-corrected chi connectivity index (χ4v) is 2.94. The molecule has 0 aromatic carbocycles. The van der Waals surface area contributed by atoms with Gasteiger partial charge in [-0.15, -0.1) is 0 Å². The third-order valence-electron chi connectivity index (χ3n) is 4.55. The summed E-state index contributed by atoms with van der Waals surface area (Å²) in [6.45, 7) is 0.634. The molecule has 7 N–H and O–H groups in total. The fourth-order valence-electron chi connectivity index (χ4n) is 2.94. The highest BCUT2D eigenvalue weighted by atomic mass is 16.7. The van der Waals surface area contributed by atoms with Crippen molar-refractivity contribution in [3.8, 4) is 0 Å². The van der Waals surface area contributed by atoms with Gasteiger partial charge in [-0.3, -0.25) is 0 Å². The minimum atomic E-state index is -1.70. The van der Waals surface area contributed by atoms with Crippen LogP contribution in [0, 0.1) is 0 Å². The molecular formula is C16H28O11. The molecule has 2 aliphatic heterocycles. The smallest absolute Gasteiger partial charge is 0.187 e. The summed E-state index contributed by atoms with van der Waals surface area (Å²) in [7, 11) is 0. The molecule has 11 heteroatoms. The second kappa shape index (κ2) is 10.2. The Morgan fingerprint density at radius 2 is 1.37 bits per heavy atom. The molecule has 0 radical (unpaired) electrons. The SMILES string of the molecule is C/C=C/CO[C@@H]1OC(CO)[C@@H](O[C@@H]2OC(CO)[C@H](O)C(O)C2O)C(O)C1O. The summed E-state index contributed by atoms with van der Waals surface area (Å²) in [5.41, 5.74) is 0. The Morgan fingerprint density at radius 3 is 1.96 bits per heavy atom. The second-order valence-electron chi connectivity index (χ2n) is 6.41. The van der Waals surface area contributed by atoms with Crippen molar-refractivity contribution in [2.75, 3.05) is 19.8 Å². The van der Waals surface area contributed by atoms with Crippen molar-refractivity contribution in [3.63, 3.8) is 0 Å². The molecule has 10 atom stereocenters. The zero-order chi connectivity index (χ0) is 20.1. The predicted octanol–water partition coefficient (Wildman–Crippen LogP) is -3.80. The molecule has 2 rings (SSSR count). The van der Waals surface area contributed by atoms with E-state index in [0.717, 1.165) is 0 Å². The van der Waals surface area contributed by atoms with E-state index < -0.39 is 74.6 Å². The van der Waals surface area contributed by atoms with Gasteiger partial charge in [0, 0.05) is 0 Å². The van der Waals surface area contributed by atoms with Crippen LogP contribution in [0.15, 0.2) is 12.2 Å². The molecule has 0 aromatic heterocycles. The Morgan fingerprint density at radius 1 is 0.778 bits per heavy atom. The van der Waals surface area contributed by atoms with E-state index in [0.29, 0.717) is 0 Å². The number of allylic oxidation sites excluding steroid dienone is 1.